The van der Waals surface area contributed by atoms with Crippen LogP contribution in [-0.4, -0.2) is 37.0 Å². The lowest BCUT2D eigenvalue weighted by atomic mass is 9.88. The van der Waals surface area contributed by atoms with E-state index in [1.54, 1.807) is 6.20 Å². The van der Waals surface area contributed by atoms with Crippen molar-refractivity contribution in [1.29, 1.82) is 0 Å². The Morgan fingerprint density at radius 3 is 3.00 bits per heavy atom. The van der Waals surface area contributed by atoms with Gasteiger partial charge >= 0.3 is 5.97 Å². The van der Waals surface area contributed by atoms with Crippen molar-refractivity contribution in [1.82, 2.24) is 4.98 Å². The summed E-state index contributed by atoms with van der Waals surface area (Å²) < 4.78 is 0. The van der Waals surface area contributed by atoms with Crippen LogP contribution in [0.5, 0.6) is 0 Å². The Kier molecular flexibility index (Phi) is 4.45. The van der Waals surface area contributed by atoms with Crippen molar-refractivity contribution in [3.05, 3.63) is 24.0 Å². The van der Waals surface area contributed by atoms with Crippen LogP contribution in [0, 0.1) is 18.8 Å². The van der Waals surface area contributed by atoms with Crippen LogP contribution in [0.2, 0.25) is 6.32 Å². The molecule has 1 N–H and O–H groups in total. The highest BCUT2D eigenvalue weighted by Gasteiger charge is 2.37. The second kappa shape index (κ2) is 6.09. The monoisotopic (exact) mass is 260 g/mol. The van der Waals surface area contributed by atoms with Gasteiger partial charge < -0.3 is 10.0 Å². The average Bonchev–Trinajstić information content (AvgIpc) is 2.81. The van der Waals surface area contributed by atoms with Crippen LogP contribution in [-0.2, 0) is 4.79 Å². The van der Waals surface area contributed by atoms with Gasteiger partial charge in [0.25, 0.3) is 0 Å². The van der Waals surface area contributed by atoms with E-state index in [4.69, 9.17) is 0 Å². The lowest BCUT2D eigenvalue weighted by Crippen LogP contribution is -2.23. The van der Waals surface area contributed by atoms with Gasteiger partial charge in [0.15, 0.2) is 0 Å². The molecule has 2 heterocycles. The van der Waals surface area contributed by atoms with Crippen LogP contribution in [0.15, 0.2) is 18.5 Å². The van der Waals surface area contributed by atoms with Crippen molar-refractivity contribution in [3.8, 4) is 0 Å². The van der Waals surface area contributed by atoms with Crippen molar-refractivity contribution < 1.29 is 9.90 Å². The Morgan fingerprint density at radius 1 is 1.58 bits per heavy atom. The highest BCUT2D eigenvalue weighted by Crippen LogP contribution is 2.32. The van der Waals surface area contributed by atoms with E-state index in [0.29, 0.717) is 6.54 Å². The molecule has 1 aliphatic heterocycles. The first-order valence-electron chi connectivity index (χ1n) is 7.01. The third-order valence-corrected chi connectivity index (χ3v) is 4.04. The molecule has 4 nitrogen and oxygen atoms in total. The molecule has 0 aliphatic carbocycles. The molecule has 102 valence electrons. The minimum atomic E-state index is -0.662. The maximum atomic E-state index is 11.4. The summed E-state index contributed by atoms with van der Waals surface area (Å²) in [5.41, 5.74) is 2.24. The molecule has 2 rings (SSSR count). The summed E-state index contributed by atoms with van der Waals surface area (Å²) in [6, 6.07) is 1.98. The summed E-state index contributed by atoms with van der Waals surface area (Å²) >= 11 is 0. The second-order valence-electron chi connectivity index (χ2n) is 5.41. The number of aromatic nitrogens is 1. The number of aryl methyl sites for hydroxylation is 1. The fraction of sp³-hybridized carbons (Fsp3) is 0.571. The second-order valence-corrected chi connectivity index (χ2v) is 5.41. The quantitative estimate of drug-likeness (QED) is 0.812. The van der Waals surface area contributed by atoms with Gasteiger partial charge in [-0.25, -0.2) is 0 Å². The van der Waals surface area contributed by atoms with Crippen LogP contribution in [0.3, 0.4) is 0 Å². The van der Waals surface area contributed by atoms with Gasteiger partial charge in [-0.3, -0.25) is 9.78 Å². The van der Waals surface area contributed by atoms with E-state index >= 15 is 0 Å². The van der Waals surface area contributed by atoms with Gasteiger partial charge in [0, 0.05) is 19.3 Å². The zero-order valence-electron chi connectivity index (χ0n) is 11.7. The minimum Gasteiger partial charge on any atom is -0.481 e. The normalized spacial score (nSPS) is 22.7. The molecular weight excluding hydrogens is 239 g/mol. The lowest BCUT2D eigenvalue weighted by Gasteiger charge is -2.20. The molecule has 2 atom stereocenters. The van der Waals surface area contributed by atoms with E-state index < -0.39 is 5.97 Å². The van der Waals surface area contributed by atoms with Gasteiger partial charge in [0.2, 0.25) is 0 Å². The summed E-state index contributed by atoms with van der Waals surface area (Å²) in [4.78, 5) is 17.7. The molecule has 0 amide bonds. The highest BCUT2D eigenvalue weighted by atomic mass is 16.4. The molecule has 0 unspecified atom stereocenters. The van der Waals surface area contributed by atoms with Crippen molar-refractivity contribution in [2.24, 2.45) is 11.8 Å². The van der Waals surface area contributed by atoms with Crippen molar-refractivity contribution in [2.75, 3.05) is 18.0 Å². The summed E-state index contributed by atoms with van der Waals surface area (Å²) in [5.74, 6) is -0.645. The van der Waals surface area contributed by atoms with E-state index in [1.165, 1.54) is 0 Å². The van der Waals surface area contributed by atoms with Gasteiger partial charge in [0.05, 0.1) is 17.8 Å². The number of hydrogen-bond acceptors (Lipinski definition) is 3. The number of rotatable bonds is 5. The Hall–Kier alpha value is -1.52. The van der Waals surface area contributed by atoms with E-state index in [0.717, 1.165) is 37.0 Å². The Morgan fingerprint density at radius 2 is 2.37 bits per heavy atom. The zero-order chi connectivity index (χ0) is 13.8. The topological polar surface area (TPSA) is 53.4 Å². The molecule has 0 bridgehead atoms. The van der Waals surface area contributed by atoms with Crippen molar-refractivity contribution in [3.63, 3.8) is 0 Å². The van der Waals surface area contributed by atoms with Crippen LogP contribution in [0.1, 0.15) is 18.4 Å². The third kappa shape index (κ3) is 3.08. The number of aliphatic carboxylic acids is 1. The summed E-state index contributed by atoms with van der Waals surface area (Å²) in [6.45, 7) is 3.49. The zero-order valence-corrected chi connectivity index (χ0v) is 11.7. The molecule has 0 radical (unpaired) electrons. The Balaban J connectivity index is 2.13. The van der Waals surface area contributed by atoms with Crippen molar-refractivity contribution in [2.45, 2.75) is 26.1 Å². The molecule has 0 spiro atoms. The molecular formula is C14H21BN2O2. The first-order chi connectivity index (χ1) is 9.13. The van der Waals surface area contributed by atoms with Gasteiger partial charge in [-0.05, 0) is 30.9 Å². The van der Waals surface area contributed by atoms with E-state index in [1.807, 2.05) is 19.2 Å². The first kappa shape index (κ1) is 13.9. The Labute approximate surface area is 115 Å². The molecule has 1 fully saturated rings. The number of hydrogen-bond donors (Lipinski definition) is 1. The average molecular weight is 260 g/mol. The van der Waals surface area contributed by atoms with Gasteiger partial charge in [-0.15, -0.1) is 0 Å². The van der Waals surface area contributed by atoms with Gasteiger partial charge in [-0.2, -0.15) is 0 Å². The number of anilines is 1. The SMILES string of the molecule is BCCC[C@H]1CN(c2cnccc2C)C[C@H]1C(=O)O. The van der Waals surface area contributed by atoms with Crippen LogP contribution in [0.25, 0.3) is 0 Å². The molecule has 1 aliphatic rings. The summed E-state index contributed by atoms with van der Waals surface area (Å²) in [5, 5.41) is 9.37. The minimum absolute atomic E-state index is 0.244. The van der Waals surface area contributed by atoms with Gasteiger partial charge in [-0.1, -0.05) is 12.7 Å². The first-order valence-corrected chi connectivity index (χ1v) is 7.01. The van der Waals surface area contributed by atoms with E-state index in [2.05, 4.69) is 17.7 Å². The number of carboxylic acid groups (broad SMARTS) is 1. The molecule has 0 saturated carbocycles. The highest BCUT2D eigenvalue weighted by molar-refractivity contribution is 6.08. The number of nitrogens with zero attached hydrogens (tertiary/aromatic N) is 2. The van der Waals surface area contributed by atoms with Gasteiger partial charge in [0.1, 0.15) is 7.85 Å². The fourth-order valence-corrected chi connectivity index (χ4v) is 2.89. The predicted octanol–water partition coefficient (Wildman–Crippen LogP) is 1.36. The fourth-order valence-electron chi connectivity index (χ4n) is 2.89. The maximum absolute atomic E-state index is 11.4. The lowest BCUT2D eigenvalue weighted by molar-refractivity contribution is -0.142. The van der Waals surface area contributed by atoms with Crippen LogP contribution in [0.4, 0.5) is 5.69 Å². The summed E-state index contributed by atoms with van der Waals surface area (Å²) in [7, 11) is 2.15. The van der Waals surface area contributed by atoms with E-state index in [-0.39, 0.29) is 11.8 Å². The molecule has 5 heteroatoms. The number of pyridine rings is 1. The summed E-state index contributed by atoms with van der Waals surface area (Å²) in [6.07, 6.45) is 6.85. The molecule has 1 aromatic rings. The Bertz CT molecular complexity index is 453. The van der Waals surface area contributed by atoms with Crippen LogP contribution >= 0.6 is 0 Å². The largest absolute Gasteiger partial charge is 0.481 e. The van der Waals surface area contributed by atoms with Crippen LogP contribution < -0.4 is 4.90 Å². The molecule has 19 heavy (non-hydrogen) atoms. The van der Waals surface area contributed by atoms with E-state index in [9.17, 15) is 9.90 Å². The number of carbonyl (C=O) groups is 1. The maximum Gasteiger partial charge on any atom is 0.308 e. The number of carboxylic acids is 1. The molecule has 0 aromatic carbocycles. The molecule has 1 aromatic heterocycles. The predicted molar refractivity (Wildman–Crippen MR) is 78.4 cm³/mol. The molecule has 1 saturated heterocycles. The standard InChI is InChI=1S/C14H21BN2O2/c1-10-4-6-16-7-13(10)17-8-11(3-2-5-15)12(9-17)14(18)19/h4,6-7,11-12H,2-3,5,8-9,15H2,1H3,(H,18,19)/t11-,12+/m0/s1. The van der Waals surface area contributed by atoms with Crippen molar-refractivity contribution >= 4 is 19.5 Å². The smallest absolute Gasteiger partial charge is 0.308 e. The third-order valence-electron chi connectivity index (χ3n) is 4.04.